The predicted octanol–water partition coefficient (Wildman–Crippen LogP) is 3.71. The fraction of sp³-hybridized carbons (Fsp3) is 0.375. The van der Waals surface area contributed by atoms with E-state index in [-0.39, 0.29) is 0 Å². The first-order valence-corrected chi connectivity index (χ1v) is 11.8. The highest BCUT2D eigenvalue weighted by Gasteiger charge is 2.17. The largest absolute Gasteiger partial charge is 0.378 e. The van der Waals surface area contributed by atoms with E-state index in [1.54, 1.807) is 18.5 Å². The molecule has 178 valence electrons. The Morgan fingerprint density at radius 1 is 0.853 bits per heavy atom. The molecule has 0 radical (unpaired) electrons. The number of nitrogens with zero attached hydrogens (tertiary/aromatic N) is 6. The van der Waals surface area contributed by atoms with E-state index in [1.807, 2.05) is 24.1 Å². The van der Waals surface area contributed by atoms with E-state index in [0.717, 1.165) is 81.2 Å². The average Bonchev–Trinajstić information content (AvgIpc) is 2.89. The summed E-state index contributed by atoms with van der Waals surface area (Å²) < 4.78 is 11.1. The third-order valence-corrected chi connectivity index (χ3v) is 6.20. The van der Waals surface area contributed by atoms with Gasteiger partial charge >= 0.3 is 0 Å². The van der Waals surface area contributed by atoms with Gasteiger partial charge in [-0.15, -0.1) is 0 Å². The van der Waals surface area contributed by atoms with Crippen LogP contribution < -0.4 is 20.0 Å². The normalized spacial score (nSPS) is 16.4. The van der Waals surface area contributed by atoms with Crippen molar-refractivity contribution < 1.29 is 9.47 Å². The van der Waals surface area contributed by atoms with Crippen molar-refractivity contribution in [1.29, 1.82) is 0 Å². The molecule has 0 aliphatic carbocycles. The summed E-state index contributed by atoms with van der Waals surface area (Å²) in [5, 5.41) is 3.86. The third-order valence-electron chi connectivity index (χ3n) is 5.99. The first-order valence-electron chi connectivity index (χ1n) is 11.4. The summed E-state index contributed by atoms with van der Waals surface area (Å²) >= 11 is 6.07. The number of anilines is 6. The predicted molar refractivity (Wildman–Crippen MR) is 135 cm³/mol. The van der Waals surface area contributed by atoms with Crippen LogP contribution in [-0.4, -0.2) is 74.6 Å². The Hall–Kier alpha value is -3.14. The topological polar surface area (TPSA) is 78.9 Å². The van der Waals surface area contributed by atoms with Crippen molar-refractivity contribution in [3.8, 4) is 0 Å². The molecule has 2 fully saturated rings. The van der Waals surface area contributed by atoms with E-state index in [4.69, 9.17) is 26.1 Å². The maximum atomic E-state index is 6.07. The lowest BCUT2D eigenvalue weighted by molar-refractivity contribution is 0.122. The Morgan fingerprint density at radius 3 is 2.09 bits per heavy atom. The fourth-order valence-electron chi connectivity index (χ4n) is 4.13. The van der Waals surface area contributed by atoms with E-state index in [1.165, 1.54) is 0 Å². The van der Waals surface area contributed by atoms with Crippen molar-refractivity contribution in [1.82, 2.24) is 15.0 Å². The maximum Gasteiger partial charge on any atom is 0.229 e. The molecule has 1 aromatic carbocycles. The molecule has 2 saturated heterocycles. The quantitative estimate of drug-likeness (QED) is 0.530. The number of ether oxygens (including phenoxy) is 2. The summed E-state index contributed by atoms with van der Waals surface area (Å²) in [7, 11) is 1.94. The van der Waals surface area contributed by atoms with Crippen LogP contribution in [0.4, 0.5) is 34.5 Å². The van der Waals surface area contributed by atoms with Crippen LogP contribution in [0.15, 0.2) is 48.8 Å². The molecule has 0 unspecified atom stereocenters. The van der Waals surface area contributed by atoms with Crippen molar-refractivity contribution in [3.63, 3.8) is 0 Å². The smallest absolute Gasteiger partial charge is 0.229 e. The van der Waals surface area contributed by atoms with Crippen LogP contribution in [0.2, 0.25) is 5.15 Å². The minimum atomic E-state index is 0.437. The van der Waals surface area contributed by atoms with Crippen molar-refractivity contribution in [2.24, 2.45) is 0 Å². The van der Waals surface area contributed by atoms with Gasteiger partial charge in [-0.2, -0.15) is 4.98 Å². The molecular weight excluding hydrogens is 454 g/mol. The SMILES string of the molecule is CN(c1ccnc(Cl)c1)c1ccnc(Nc2cc(N3CCOCC3)cc(N3CCOCC3)c2)n1. The summed E-state index contributed by atoms with van der Waals surface area (Å²) in [6.45, 7) is 6.44. The molecule has 0 saturated carbocycles. The second-order valence-corrected chi connectivity index (χ2v) is 8.58. The first kappa shape index (κ1) is 22.6. The lowest BCUT2D eigenvalue weighted by Crippen LogP contribution is -2.38. The zero-order chi connectivity index (χ0) is 23.3. The molecule has 9 nitrogen and oxygen atoms in total. The molecule has 2 aliphatic rings. The molecule has 2 aromatic heterocycles. The van der Waals surface area contributed by atoms with Crippen LogP contribution in [0.5, 0.6) is 0 Å². The number of halogens is 1. The number of aromatic nitrogens is 3. The van der Waals surface area contributed by atoms with Gasteiger partial charge in [0.15, 0.2) is 0 Å². The molecule has 0 atom stereocenters. The Labute approximate surface area is 204 Å². The lowest BCUT2D eigenvalue weighted by atomic mass is 10.2. The van der Waals surface area contributed by atoms with Gasteiger partial charge in [-0.25, -0.2) is 9.97 Å². The van der Waals surface area contributed by atoms with Crippen LogP contribution >= 0.6 is 11.6 Å². The van der Waals surface area contributed by atoms with E-state index in [9.17, 15) is 0 Å². The highest BCUT2D eigenvalue weighted by molar-refractivity contribution is 6.29. The monoisotopic (exact) mass is 481 g/mol. The zero-order valence-electron chi connectivity index (χ0n) is 19.2. The molecule has 0 bridgehead atoms. The molecular formula is C24H28ClN7O2. The van der Waals surface area contributed by atoms with Crippen molar-refractivity contribution in [2.45, 2.75) is 0 Å². The van der Waals surface area contributed by atoms with Gasteiger partial charge in [0.05, 0.1) is 26.4 Å². The van der Waals surface area contributed by atoms with Gasteiger partial charge < -0.3 is 29.5 Å². The third kappa shape index (κ3) is 5.32. The molecule has 1 N–H and O–H groups in total. The molecule has 0 amide bonds. The molecule has 4 heterocycles. The first-order chi connectivity index (χ1) is 16.7. The molecule has 2 aliphatic heterocycles. The molecule has 10 heteroatoms. The summed E-state index contributed by atoms with van der Waals surface area (Å²) in [6, 6.07) is 12.1. The van der Waals surface area contributed by atoms with Gasteiger partial charge in [0, 0.05) is 68.4 Å². The van der Waals surface area contributed by atoms with Crippen LogP contribution in [0.25, 0.3) is 0 Å². The second kappa shape index (κ2) is 10.4. The number of hydrogen-bond donors (Lipinski definition) is 1. The number of pyridine rings is 1. The Bertz CT molecular complexity index is 1080. The number of morpholine rings is 2. The van der Waals surface area contributed by atoms with Gasteiger partial charge in [-0.3, -0.25) is 0 Å². The zero-order valence-corrected chi connectivity index (χ0v) is 19.9. The number of nitrogens with one attached hydrogen (secondary N) is 1. The van der Waals surface area contributed by atoms with Gasteiger partial charge in [0.25, 0.3) is 0 Å². The molecule has 5 rings (SSSR count). The van der Waals surface area contributed by atoms with Gasteiger partial charge in [-0.05, 0) is 36.4 Å². The van der Waals surface area contributed by atoms with E-state index in [2.05, 4.69) is 43.3 Å². The highest BCUT2D eigenvalue weighted by Crippen LogP contribution is 2.31. The van der Waals surface area contributed by atoms with Crippen LogP contribution in [0.1, 0.15) is 0 Å². The number of hydrogen-bond acceptors (Lipinski definition) is 9. The summed E-state index contributed by atoms with van der Waals surface area (Å²) in [6.07, 6.45) is 3.43. The summed E-state index contributed by atoms with van der Waals surface area (Å²) in [5.74, 6) is 1.27. The Morgan fingerprint density at radius 2 is 1.47 bits per heavy atom. The number of rotatable bonds is 6. The van der Waals surface area contributed by atoms with Crippen molar-refractivity contribution in [2.75, 3.05) is 79.7 Å². The van der Waals surface area contributed by atoms with Crippen molar-refractivity contribution >= 4 is 46.1 Å². The Balaban J connectivity index is 1.42. The molecule has 3 aromatic rings. The minimum Gasteiger partial charge on any atom is -0.378 e. The highest BCUT2D eigenvalue weighted by atomic mass is 35.5. The number of benzene rings is 1. The van der Waals surface area contributed by atoms with Crippen LogP contribution in [0.3, 0.4) is 0 Å². The minimum absolute atomic E-state index is 0.437. The van der Waals surface area contributed by atoms with E-state index in [0.29, 0.717) is 11.1 Å². The Kier molecular flexibility index (Phi) is 6.94. The lowest BCUT2D eigenvalue weighted by Gasteiger charge is -2.33. The second-order valence-electron chi connectivity index (χ2n) is 8.20. The molecule has 0 spiro atoms. The van der Waals surface area contributed by atoms with Crippen molar-refractivity contribution in [3.05, 3.63) is 53.9 Å². The fourth-order valence-corrected chi connectivity index (χ4v) is 4.30. The summed E-state index contributed by atoms with van der Waals surface area (Å²) in [4.78, 5) is 19.9. The van der Waals surface area contributed by atoms with Gasteiger partial charge in [0.2, 0.25) is 5.95 Å². The van der Waals surface area contributed by atoms with Gasteiger partial charge in [0.1, 0.15) is 11.0 Å². The van der Waals surface area contributed by atoms with Crippen LogP contribution in [-0.2, 0) is 9.47 Å². The van der Waals surface area contributed by atoms with E-state index >= 15 is 0 Å². The van der Waals surface area contributed by atoms with E-state index < -0.39 is 0 Å². The average molecular weight is 482 g/mol. The standard InChI is InChI=1S/C24H28ClN7O2/c1-30(19-2-4-26-22(25)17-19)23-3-5-27-24(29-23)28-18-14-20(31-6-10-33-11-7-31)16-21(15-18)32-8-12-34-13-9-32/h2-5,14-17H,6-13H2,1H3,(H,27,28,29). The molecule has 34 heavy (non-hydrogen) atoms. The summed E-state index contributed by atoms with van der Waals surface area (Å²) in [5.41, 5.74) is 4.16. The maximum absolute atomic E-state index is 6.07. The van der Waals surface area contributed by atoms with Gasteiger partial charge in [-0.1, -0.05) is 11.6 Å². The van der Waals surface area contributed by atoms with Crippen LogP contribution in [0, 0.1) is 0 Å².